The van der Waals surface area contributed by atoms with Crippen molar-refractivity contribution in [3.63, 3.8) is 0 Å². The molecule has 3 aromatic rings. The number of phenolic OH excluding ortho intramolecular Hbond substituents is 1. The summed E-state index contributed by atoms with van der Waals surface area (Å²) < 4.78 is 5.34. The lowest BCUT2D eigenvalue weighted by Gasteiger charge is -2.48. The quantitative estimate of drug-likeness (QED) is 0.671. The van der Waals surface area contributed by atoms with Crippen LogP contribution in [0.1, 0.15) is 35.7 Å². The van der Waals surface area contributed by atoms with Gasteiger partial charge in [0.05, 0.1) is 13.2 Å². The molecule has 3 aliphatic heterocycles. The number of H-pyrrole nitrogens is 1. The van der Waals surface area contributed by atoms with E-state index < -0.39 is 12.1 Å². The van der Waals surface area contributed by atoms with Gasteiger partial charge in [0.15, 0.2) is 11.5 Å². The average molecular weight is 417 g/mol. The third-order valence-corrected chi connectivity index (χ3v) is 7.01. The van der Waals surface area contributed by atoms with Gasteiger partial charge in [-0.3, -0.25) is 9.59 Å². The molecule has 0 radical (unpaired) electrons. The van der Waals surface area contributed by atoms with Gasteiger partial charge in [-0.1, -0.05) is 24.3 Å². The van der Waals surface area contributed by atoms with E-state index in [1.807, 2.05) is 18.2 Å². The monoisotopic (exact) mass is 417 g/mol. The van der Waals surface area contributed by atoms with Gasteiger partial charge in [-0.05, 0) is 42.2 Å². The van der Waals surface area contributed by atoms with Crippen molar-refractivity contribution in [3.8, 4) is 11.5 Å². The van der Waals surface area contributed by atoms with Crippen LogP contribution in [0.3, 0.4) is 0 Å². The Balaban J connectivity index is 1.59. The molecule has 31 heavy (non-hydrogen) atoms. The second kappa shape index (κ2) is 6.51. The SMILES string of the molecule is COc1cc(C2c3[nH]c4ccccc4c3C[C@H]3C(=O)N4CCC[C@H]4C(=O)N23)ccc1O. The number of piperazine rings is 1. The molecule has 4 heterocycles. The summed E-state index contributed by atoms with van der Waals surface area (Å²) in [5, 5.41) is 11.2. The highest BCUT2D eigenvalue weighted by atomic mass is 16.5. The maximum Gasteiger partial charge on any atom is 0.246 e. The Morgan fingerprint density at radius 1 is 1.10 bits per heavy atom. The summed E-state index contributed by atoms with van der Waals surface area (Å²) in [4.78, 5) is 34.2. The predicted octanol–water partition coefficient (Wildman–Crippen LogP) is 2.73. The molecule has 0 bridgehead atoms. The molecule has 0 aliphatic carbocycles. The summed E-state index contributed by atoms with van der Waals surface area (Å²) in [6.45, 7) is 0.651. The van der Waals surface area contributed by atoms with Crippen molar-refractivity contribution in [1.82, 2.24) is 14.8 Å². The van der Waals surface area contributed by atoms with Crippen molar-refractivity contribution in [2.45, 2.75) is 37.4 Å². The standard InChI is InChI=1S/C24H23N3O4/c1-31-20-11-13(8-9-19(20)28)22-21-15(14-5-2-3-6-16(14)25-21)12-18-23(29)26-10-4-7-17(26)24(30)27(18)22/h2-3,5-6,8-9,11,17-18,22,25,28H,4,7,10,12H2,1H3/t17-,18-,22?/m0/s1. The Morgan fingerprint density at radius 3 is 2.77 bits per heavy atom. The van der Waals surface area contributed by atoms with Gasteiger partial charge in [0.2, 0.25) is 11.8 Å². The fourth-order valence-corrected chi connectivity index (χ4v) is 5.61. The van der Waals surface area contributed by atoms with Crippen LogP contribution in [0.5, 0.6) is 11.5 Å². The normalized spacial score (nSPS) is 24.9. The van der Waals surface area contributed by atoms with E-state index in [0.717, 1.165) is 34.1 Å². The molecule has 2 saturated heterocycles. The molecule has 3 aliphatic rings. The van der Waals surface area contributed by atoms with Gasteiger partial charge >= 0.3 is 0 Å². The molecule has 6 rings (SSSR count). The van der Waals surface area contributed by atoms with Gasteiger partial charge in [0, 0.05) is 29.6 Å². The van der Waals surface area contributed by atoms with Crippen LogP contribution >= 0.6 is 0 Å². The van der Waals surface area contributed by atoms with Crippen molar-refractivity contribution in [3.05, 3.63) is 59.3 Å². The molecule has 0 spiro atoms. The van der Waals surface area contributed by atoms with Crippen molar-refractivity contribution in [2.75, 3.05) is 13.7 Å². The van der Waals surface area contributed by atoms with Crippen molar-refractivity contribution in [2.24, 2.45) is 0 Å². The third kappa shape index (κ3) is 2.46. The van der Waals surface area contributed by atoms with Crippen LogP contribution in [0.15, 0.2) is 42.5 Å². The van der Waals surface area contributed by atoms with E-state index in [1.165, 1.54) is 7.11 Å². The number of fused-ring (bicyclic) bond motifs is 5. The van der Waals surface area contributed by atoms with Crippen LogP contribution in [0.4, 0.5) is 0 Å². The largest absolute Gasteiger partial charge is 0.504 e. The second-order valence-corrected chi connectivity index (χ2v) is 8.55. The number of hydrogen-bond acceptors (Lipinski definition) is 4. The number of carbonyl (C=O) groups is 2. The fraction of sp³-hybridized carbons (Fsp3) is 0.333. The minimum absolute atomic E-state index is 0.00319. The van der Waals surface area contributed by atoms with E-state index in [2.05, 4.69) is 11.1 Å². The lowest BCUT2D eigenvalue weighted by atomic mass is 9.85. The summed E-state index contributed by atoms with van der Waals surface area (Å²) >= 11 is 0. The van der Waals surface area contributed by atoms with Gasteiger partial charge in [0.1, 0.15) is 12.1 Å². The maximum atomic E-state index is 13.7. The number of carbonyl (C=O) groups excluding carboxylic acids is 2. The second-order valence-electron chi connectivity index (χ2n) is 8.55. The summed E-state index contributed by atoms with van der Waals surface area (Å²) in [5.41, 5.74) is 3.80. The van der Waals surface area contributed by atoms with Crippen molar-refractivity contribution < 1.29 is 19.4 Å². The molecule has 1 aromatic heterocycles. The first-order chi connectivity index (χ1) is 15.1. The Kier molecular flexibility index (Phi) is 3.84. The zero-order valence-corrected chi connectivity index (χ0v) is 17.2. The Labute approximate surface area is 179 Å². The highest BCUT2D eigenvalue weighted by Gasteiger charge is 2.53. The molecule has 2 N–H and O–H groups in total. The summed E-state index contributed by atoms with van der Waals surface area (Å²) in [6, 6.07) is 11.8. The number of aromatic nitrogens is 1. The number of hydrogen-bond donors (Lipinski definition) is 2. The van der Waals surface area contributed by atoms with E-state index in [1.54, 1.807) is 28.0 Å². The fourth-order valence-electron chi connectivity index (χ4n) is 5.61. The molecule has 2 aromatic carbocycles. The van der Waals surface area contributed by atoms with E-state index in [0.29, 0.717) is 25.1 Å². The molecular formula is C24H23N3O4. The number of aromatic amines is 1. The molecule has 158 valence electrons. The molecule has 3 atom stereocenters. The summed E-state index contributed by atoms with van der Waals surface area (Å²) in [6.07, 6.45) is 2.06. The van der Waals surface area contributed by atoms with Gasteiger partial charge in [-0.25, -0.2) is 0 Å². The zero-order valence-electron chi connectivity index (χ0n) is 17.2. The van der Waals surface area contributed by atoms with Crippen LogP contribution in [-0.2, 0) is 16.0 Å². The van der Waals surface area contributed by atoms with Crippen LogP contribution in [0, 0.1) is 0 Å². The summed E-state index contributed by atoms with van der Waals surface area (Å²) in [7, 11) is 1.50. The lowest BCUT2D eigenvalue weighted by Crippen LogP contribution is -2.65. The van der Waals surface area contributed by atoms with Crippen LogP contribution in [-0.4, -0.2) is 57.4 Å². The number of ether oxygens (including phenoxy) is 1. The Hall–Kier alpha value is -3.48. The van der Waals surface area contributed by atoms with Crippen LogP contribution < -0.4 is 4.74 Å². The molecule has 7 nitrogen and oxygen atoms in total. The number of nitrogens with one attached hydrogen (secondary N) is 1. The average Bonchev–Trinajstić information content (AvgIpc) is 3.42. The number of para-hydroxylation sites is 1. The van der Waals surface area contributed by atoms with Crippen LogP contribution in [0.2, 0.25) is 0 Å². The predicted molar refractivity (Wildman–Crippen MR) is 114 cm³/mol. The molecule has 2 fully saturated rings. The number of phenols is 1. The highest BCUT2D eigenvalue weighted by Crippen LogP contribution is 2.45. The molecule has 7 heteroatoms. The first-order valence-electron chi connectivity index (χ1n) is 10.7. The third-order valence-electron chi connectivity index (χ3n) is 7.01. The number of benzene rings is 2. The molecule has 0 saturated carbocycles. The number of methoxy groups -OCH3 is 1. The minimum Gasteiger partial charge on any atom is -0.504 e. The minimum atomic E-state index is -0.529. The van der Waals surface area contributed by atoms with E-state index in [4.69, 9.17) is 4.74 Å². The topological polar surface area (TPSA) is 85.9 Å². The maximum absolute atomic E-state index is 13.7. The van der Waals surface area contributed by atoms with Crippen molar-refractivity contribution in [1.29, 1.82) is 0 Å². The Morgan fingerprint density at radius 2 is 1.94 bits per heavy atom. The van der Waals surface area contributed by atoms with Gasteiger partial charge in [-0.15, -0.1) is 0 Å². The molecule has 2 amide bonds. The summed E-state index contributed by atoms with van der Waals surface area (Å²) in [5.74, 6) is 0.422. The molecular weight excluding hydrogens is 394 g/mol. The molecule has 1 unspecified atom stereocenters. The van der Waals surface area contributed by atoms with Crippen LogP contribution in [0.25, 0.3) is 10.9 Å². The number of aromatic hydroxyl groups is 1. The number of rotatable bonds is 2. The van der Waals surface area contributed by atoms with E-state index in [9.17, 15) is 14.7 Å². The highest BCUT2D eigenvalue weighted by molar-refractivity contribution is 5.99. The first-order valence-corrected chi connectivity index (χ1v) is 10.7. The van der Waals surface area contributed by atoms with E-state index in [-0.39, 0.29) is 23.6 Å². The van der Waals surface area contributed by atoms with Gasteiger partial charge in [-0.2, -0.15) is 0 Å². The lowest BCUT2D eigenvalue weighted by molar-refractivity contribution is -0.162. The number of amides is 2. The van der Waals surface area contributed by atoms with Gasteiger partial charge in [0.25, 0.3) is 0 Å². The van der Waals surface area contributed by atoms with Crippen molar-refractivity contribution >= 4 is 22.7 Å². The number of nitrogens with zero attached hydrogens (tertiary/aromatic N) is 2. The van der Waals surface area contributed by atoms with Gasteiger partial charge < -0.3 is 24.6 Å². The Bertz CT molecular complexity index is 1230. The first kappa shape index (κ1) is 18.3. The van der Waals surface area contributed by atoms with E-state index >= 15 is 0 Å². The smallest absolute Gasteiger partial charge is 0.246 e. The zero-order chi connectivity index (χ0) is 21.3.